The van der Waals surface area contributed by atoms with Crippen molar-refractivity contribution in [1.82, 2.24) is 4.98 Å². The summed E-state index contributed by atoms with van der Waals surface area (Å²) in [5, 5.41) is 2.09. The molecule has 0 radical (unpaired) electrons. The van der Waals surface area contributed by atoms with Gasteiger partial charge >= 0.3 is 6.09 Å². The molecule has 0 aromatic carbocycles. The van der Waals surface area contributed by atoms with Crippen LogP contribution in [-0.4, -0.2) is 16.7 Å². The van der Waals surface area contributed by atoms with Crippen LogP contribution in [0.2, 0.25) is 5.02 Å². The zero-order valence-corrected chi connectivity index (χ0v) is 9.93. The number of pyridine rings is 1. The van der Waals surface area contributed by atoms with E-state index in [2.05, 4.69) is 10.3 Å². The standard InChI is InChI=1S/C10H12ClFN2O2/c1-10(2,3)16-9(15)14-6-4-5-13-8(12)7(6)11/h4-5H,1-3H3,(H,13,14,15). The minimum absolute atomic E-state index is 0.128. The van der Waals surface area contributed by atoms with Crippen molar-refractivity contribution in [1.29, 1.82) is 0 Å². The third kappa shape index (κ3) is 3.66. The molecule has 0 saturated heterocycles. The molecule has 0 bridgehead atoms. The van der Waals surface area contributed by atoms with E-state index in [1.807, 2.05) is 0 Å². The first kappa shape index (κ1) is 12.7. The van der Waals surface area contributed by atoms with Crippen molar-refractivity contribution < 1.29 is 13.9 Å². The molecular formula is C10H12ClFN2O2. The molecule has 0 saturated carbocycles. The van der Waals surface area contributed by atoms with Gasteiger partial charge in [-0.2, -0.15) is 4.39 Å². The van der Waals surface area contributed by atoms with Gasteiger partial charge in [-0.05, 0) is 26.8 Å². The molecule has 1 aromatic rings. The number of carbonyl (C=O) groups excluding carboxylic acids is 1. The lowest BCUT2D eigenvalue weighted by atomic mass is 10.2. The molecule has 0 aliphatic rings. The quantitative estimate of drug-likeness (QED) is 0.774. The Hall–Kier alpha value is -1.36. The van der Waals surface area contributed by atoms with Gasteiger partial charge in [0.25, 0.3) is 0 Å². The normalized spacial score (nSPS) is 11.1. The maximum absolute atomic E-state index is 12.9. The minimum Gasteiger partial charge on any atom is -0.444 e. The van der Waals surface area contributed by atoms with Gasteiger partial charge in [0.2, 0.25) is 5.95 Å². The van der Waals surface area contributed by atoms with Crippen LogP contribution >= 0.6 is 11.6 Å². The van der Waals surface area contributed by atoms with E-state index in [0.29, 0.717) is 0 Å². The van der Waals surface area contributed by atoms with Gasteiger partial charge in [-0.25, -0.2) is 9.78 Å². The van der Waals surface area contributed by atoms with E-state index < -0.39 is 17.6 Å². The van der Waals surface area contributed by atoms with Gasteiger partial charge in [0.15, 0.2) is 0 Å². The molecule has 6 heteroatoms. The molecule has 0 aliphatic carbocycles. The van der Waals surface area contributed by atoms with Crippen LogP contribution in [0.15, 0.2) is 12.3 Å². The van der Waals surface area contributed by atoms with Gasteiger partial charge in [0, 0.05) is 6.20 Å². The van der Waals surface area contributed by atoms with Crippen LogP contribution in [0.25, 0.3) is 0 Å². The van der Waals surface area contributed by atoms with Crippen molar-refractivity contribution >= 4 is 23.4 Å². The first-order valence-electron chi connectivity index (χ1n) is 4.59. The number of carbonyl (C=O) groups is 1. The fraction of sp³-hybridized carbons (Fsp3) is 0.400. The first-order valence-corrected chi connectivity index (χ1v) is 4.97. The lowest BCUT2D eigenvalue weighted by molar-refractivity contribution is 0.0636. The molecule has 1 N–H and O–H groups in total. The Labute approximate surface area is 97.8 Å². The van der Waals surface area contributed by atoms with E-state index in [9.17, 15) is 9.18 Å². The van der Waals surface area contributed by atoms with Crippen LogP contribution in [0, 0.1) is 5.95 Å². The third-order valence-electron chi connectivity index (χ3n) is 1.48. The number of nitrogens with one attached hydrogen (secondary N) is 1. The highest BCUT2D eigenvalue weighted by molar-refractivity contribution is 6.33. The Morgan fingerprint density at radius 2 is 2.19 bits per heavy atom. The summed E-state index contributed by atoms with van der Waals surface area (Å²) in [4.78, 5) is 14.7. The zero-order valence-electron chi connectivity index (χ0n) is 9.17. The predicted molar refractivity (Wildman–Crippen MR) is 59.1 cm³/mol. The van der Waals surface area contributed by atoms with Crippen LogP contribution in [-0.2, 0) is 4.74 Å². The van der Waals surface area contributed by atoms with Crippen molar-refractivity contribution in [2.75, 3.05) is 5.32 Å². The van der Waals surface area contributed by atoms with Crippen molar-refractivity contribution in [2.45, 2.75) is 26.4 Å². The Kier molecular flexibility index (Phi) is 3.70. The van der Waals surface area contributed by atoms with Crippen molar-refractivity contribution in [3.63, 3.8) is 0 Å². The first-order chi connectivity index (χ1) is 7.29. The van der Waals surface area contributed by atoms with Gasteiger partial charge in [0.1, 0.15) is 10.6 Å². The number of halogens is 2. The van der Waals surface area contributed by atoms with E-state index in [1.54, 1.807) is 20.8 Å². The van der Waals surface area contributed by atoms with Gasteiger partial charge in [-0.1, -0.05) is 11.6 Å². The minimum atomic E-state index is -0.838. The Morgan fingerprint density at radius 1 is 1.56 bits per heavy atom. The lowest BCUT2D eigenvalue weighted by Gasteiger charge is -2.19. The molecule has 1 aromatic heterocycles. The molecule has 1 amide bonds. The van der Waals surface area contributed by atoms with Crippen molar-refractivity contribution in [3.8, 4) is 0 Å². The molecule has 0 unspecified atom stereocenters. The largest absolute Gasteiger partial charge is 0.444 e. The molecule has 0 spiro atoms. The summed E-state index contributed by atoms with van der Waals surface area (Å²) in [7, 11) is 0. The fourth-order valence-electron chi connectivity index (χ4n) is 0.928. The number of hydrogen-bond acceptors (Lipinski definition) is 3. The average molecular weight is 247 g/mol. The molecule has 0 fully saturated rings. The van der Waals surface area contributed by atoms with E-state index >= 15 is 0 Å². The summed E-state index contributed by atoms with van der Waals surface area (Å²) in [6, 6.07) is 1.38. The smallest absolute Gasteiger partial charge is 0.412 e. The van der Waals surface area contributed by atoms with E-state index in [4.69, 9.17) is 16.3 Å². The highest BCUT2D eigenvalue weighted by Gasteiger charge is 2.17. The number of hydrogen-bond donors (Lipinski definition) is 1. The number of rotatable bonds is 1. The molecular weight excluding hydrogens is 235 g/mol. The van der Waals surface area contributed by atoms with Crippen molar-refractivity contribution in [2.24, 2.45) is 0 Å². The zero-order chi connectivity index (χ0) is 12.3. The van der Waals surface area contributed by atoms with Crippen LogP contribution in [0.5, 0.6) is 0 Å². The molecule has 4 nitrogen and oxygen atoms in total. The third-order valence-corrected chi connectivity index (χ3v) is 1.84. The maximum atomic E-state index is 12.9. The SMILES string of the molecule is CC(C)(C)OC(=O)Nc1ccnc(F)c1Cl. The van der Waals surface area contributed by atoms with Gasteiger partial charge in [-0.3, -0.25) is 5.32 Å². The van der Waals surface area contributed by atoms with Crippen LogP contribution in [0.4, 0.5) is 14.9 Å². The Bertz CT molecular complexity index is 404. The van der Waals surface area contributed by atoms with E-state index in [1.165, 1.54) is 12.3 Å². The summed E-state index contributed by atoms with van der Waals surface area (Å²) in [6.07, 6.45) is 0.508. The highest BCUT2D eigenvalue weighted by atomic mass is 35.5. The van der Waals surface area contributed by atoms with Gasteiger partial charge in [0.05, 0.1) is 5.69 Å². The molecule has 1 heterocycles. The summed E-state index contributed by atoms with van der Waals surface area (Å²) in [5.41, 5.74) is -0.495. The molecule has 16 heavy (non-hydrogen) atoms. The Morgan fingerprint density at radius 3 is 2.75 bits per heavy atom. The second-order valence-corrected chi connectivity index (χ2v) is 4.47. The second kappa shape index (κ2) is 4.65. The topological polar surface area (TPSA) is 51.2 Å². The molecule has 88 valence electrons. The summed E-state index contributed by atoms with van der Waals surface area (Å²) < 4.78 is 17.9. The molecule has 0 atom stereocenters. The molecule has 0 aliphatic heterocycles. The van der Waals surface area contributed by atoms with Crippen LogP contribution < -0.4 is 5.32 Å². The number of anilines is 1. The molecule has 1 rings (SSSR count). The van der Waals surface area contributed by atoms with Crippen molar-refractivity contribution in [3.05, 3.63) is 23.2 Å². The predicted octanol–water partition coefficient (Wildman–Crippen LogP) is 3.22. The monoisotopic (exact) mass is 246 g/mol. The second-order valence-electron chi connectivity index (χ2n) is 4.09. The number of ether oxygens (including phenoxy) is 1. The van der Waals surface area contributed by atoms with Crippen LogP contribution in [0.1, 0.15) is 20.8 Å². The summed E-state index contributed by atoms with van der Waals surface area (Å²) in [6.45, 7) is 5.17. The Balaban J connectivity index is 2.74. The van der Waals surface area contributed by atoms with Gasteiger partial charge < -0.3 is 4.74 Å². The van der Waals surface area contributed by atoms with Crippen LogP contribution in [0.3, 0.4) is 0 Å². The van der Waals surface area contributed by atoms with Gasteiger partial charge in [-0.15, -0.1) is 0 Å². The van der Waals surface area contributed by atoms with E-state index in [-0.39, 0.29) is 10.7 Å². The summed E-state index contributed by atoms with van der Waals surface area (Å²) in [5.74, 6) is -0.838. The number of nitrogens with zero attached hydrogens (tertiary/aromatic N) is 1. The van der Waals surface area contributed by atoms with E-state index in [0.717, 1.165) is 0 Å². The summed E-state index contributed by atoms with van der Waals surface area (Å²) >= 11 is 5.60. The maximum Gasteiger partial charge on any atom is 0.412 e. The number of aromatic nitrogens is 1. The fourth-order valence-corrected chi connectivity index (χ4v) is 1.09. The highest BCUT2D eigenvalue weighted by Crippen LogP contribution is 2.23. The average Bonchev–Trinajstić information content (AvgIpc) is 2.09. The lowest BCUT2D eigenvalue weighted by Crippen LogP contribution is -2.27. The number of amides is 1.